The van der Waals surface area contributed by atoms with Gasteiger partial charge in [-0.05, 0) is 24.6 Å². The van der Waals surface area contributed by atoms with E-state index in [4.69, 9.17) is 28.8 Å². The second-order valence-electron chi connectivity index (χ2n) is 5.99. The number of ether oxygens (including phenoxy) is 5. The van der Waals surface area contributed by atoms with Crippen molar-refractivity contribution in [3.05, 3.63) is 35.4 Å². The summed E-state index contributed by atoms with van der Waals surface area (Å²) in [6.45, 7) is 5.94. The van der Waals surface area contributed by atoms with Crippen molar-refractivity contribution in [3.63, 3.8) is 0 Å². The molecular formula is C22H32O7. The van der Waals surface area contributed by atoms with Gasteiger partial charge >= 0.3 is 5.97 Å². The number of hydrogen-bond donors (Lipinski definition) is 1. The number of esters is 1. The molecule has 0 bridgehead atoms. The Morgan fingerprint density at radius 3 is 2.24 bits per heavy atom. The molecule has 0 fully saturated rings. The monoisotopic (exact) mass is 408 g/mol. The molecule has 1 aromatic carbocycles. The number of aliphatic hydroxyl groups is 1. The van der Waals surface area contributed by atoms with Crippen molar-refractivity contribution in [3.8, 4) is 11.8 Å². The van der Waals surface area contributed by atoms with E-state index in [1.54, 1.807) is 18.2 Å². The van der Waals surface area contributed by atoms with E-state index in [0.717, 1.165) is 18.4 Å². The Labute approximate surface area is 173 Å². The first-order valence-corrected chi connectivity index (χ1v) is 9.95. The summed E-state index contributed by atoms with van der Waals surface area (Å²) in [6.07, 6.45) is 1.85. The second kappa shape index (κ2) is 18.1. The van der Waals surface area contributed by atoms with Crippen LogP contribution >= 0.6 is 0 Å². The minimum absolute atomic E-state index is 0.0215. The van der Waals surface area contributed by atoms with Gasteiger partial charge in [0, 0.05) is 5.56 Å². The molecule has 1 rings (SSSR count). The standard InChI is InChI=1S/C22H32O7/c1-2-3-11-29-22(24)21-8-4-6-20(19-21)7-5-10-25-13-15-27-17-18-28-16-14-26-12-9-23/h4,6,8,19,23H,2-3,9-18H2,1H3. The fourth-order valence-corrected chi connectivity index (χ4v) is 2.10. The molecule has 1 aromatic rings. The number of carbonyl (C=O) groups is 1. The lowest BCUT2D eigenvalue weighted by Crippen LogP contribution is -2.12. The normalized spacial score (nSPS) is 10.4. The molecule has 0 saturated heterocycles. The molecule has 0 aliphatic rings. The van der Waals surface area contributed by atoms with Crippen LogP contribution in [0.1, 0.15) is 35.7 Å². The van der Waals surface area contributed by atoms with Crippen molar-refractivity contribution in [2.45, 2.75) is 19.8 Å². The van der Waals surface area contributed by atoms with Crippen molar-refractivity contribution in [2.24, 2.45) is 0 Å². The molecule has 0 radical (unpaired) electrons. The van der Waals surface area contributed by atoms with Gasteiger partial charge in [0.05, 0.1) is 65.0 Å². The number of carbonyl (C=O) groups excluding carboxylic acids is 1. The highest BCUT2D eigenvalue weighted by Crippen LogP contribution is 2.06. The van der Waals surface area contributed by atoms with E-state index in [2.05, 4.69) is 11.8 Å². The predicted molar refractivity (Wildman–Crippen MR) is 109 cm³/mol. The Bertz CT molecular complexity index is 607. The minimum atomic E-state index is -0.322. The van der Waals surface area contributed by atoms with Gasteiger partial charge < -0.3 is 28.8 Å². The lowest BCUT2D eigenvalue weighted by atomic mass is 10.1. The van der Waals surface area contributed by atoms with Crippen LogP contribution in [-0.4, -0.2) is 77.1 Å². The summed E-state index contributed by atoms with van der Waals surface area (Å²) in [5, 5.41) is 8.54. The molecular weight excluding hydrogens is 376 g/mol. The maximum Gasteiger partial charge on any atom is 0.338 e. The van der Waals surface area contributed by atoms with Crippen molar-refractivity contribution in [1.82, 2.24) is 0 Å². The van der Waals surface area contributed by atoms with Gasteiger partial charge in [0.15, 0.2) is 0 Å². The molecule has 1 N–H and O–H groups in total. The zero-order valence-electron chi connectivity index (χ0n) is 17.2. The Morgan fingerprint density at radius 1 is 0.931 bits per heavy atom. The van der Waals surface area contributed by atoms with Crippen LogP contribution in [0, 0.1) is 11.8 Å². The summed E-state index contributed by atoms with van der Waals surface area (Å²) in [7, 11) is 0. The third-order valence-corrected chi connectivity index (χ3v) is 3.59. The second-order valence-corrected chi connectivity index (χ2v) is 5.99. The highest BCUT2D eigenvalue weighted by molar-refractivity contribution is 5.89. The van der Waals surface area contributed by atoms with E-state index in [1.807, 2.05) is 13.0 Å². The van der Waals surface area contributed by atoms with Gasteiger partial charge in [-0.3, -0.25) is 0 Å². The SMILES string of the molecule is CCCCOC(=O)c1cccc(C#CCOCCOCCOCCOCCO)c1. The molecule has 29 heavy (non-hydrogen) atoms. The van der Waals surface area contributed by atoms with Crippen LogP contribution in [0.5, 0.6) is 0 Å². The number of unbranched alkanes of at least 4 members (excludes halogenated alkanes) is 1. The van der Waals surface area contributed by atoms with Crippen LogP contribution in [0.4, 0.5) is 0 Å². The lowest BCUT2D eigenvalue weighted by Gasteiger charge is -2.06. The smallest absolute Gasteiger partial charge is 0.338 e. The maximum atomic E-state index is 11.9. The van der Waals surface area contributed by atoms with E-state index in [0.29, 0.717) is 58.4 Å². The zero-order chi connectivity index (χ0) is 21.0. The van der Waals surface area contributed by atoms with Gasteiger partial charge in [0.2, 0.25) is 0 Å². The molecule has 0 atom stereocenters. The molecule has 0 unspecified atom stereocenters. The van der Waals surface area contributed by atoms with Gasteiger partial charge in [-0.1, -0.05) is 31.3 Å². The number of hydrogen-bond acceptors (Lipinski definition) is 7. The number of aliphatic hydroxyl groups excluding tert-OH is 1. The lowest BCUT2D eigenvalue weighted by molar-refractivity contribution is -0.00291. The van der Waals surface area contributed by atoms with Crippen LogP contribution in [0.3, 0.4) is 0 Å². The Kier molecular flexibility index (Phi) is 15.7. The molecule has 0 aromatic heterocycles. The summed E-state index contributed by atoms with van der Waals surface area (Å²) >= 11 is 0. The summed E-state index contributed by atoms with van der Waals surface area (Å²) in [5.41, 5.74) is 1.25. The topological polar surface area (TPSA) is 83.5 Å². The van der Waals surface area contributed by atoms with Crippen LogP contribution in [0.25, 0.3) is 0 Å². The molecule has 0 saturated carbocycles. The largest absolute Gasteiger partial charge is 0.462 e. The van der Waals surface area contributed by atoms with E-state index < -0.39 is 0 Å². The highest BCUT2D eigenvalue weighted by atomic mass is 16.6. The van der Waals surface area contributed by atoms with Crippen LogP contribution in [0.15, 0.2) is 24.3 Å². The van der Waals surface area contributed by atoms with E-state index >= 15 is 0 Å². The number of benzene rings is 1. The van der Waals surface area contributed by atoms with Gasteiger partial charge in [-0.15, -0.1) is 0 Å². The molecule has 7 nitrogen and oxygen atoms in total. The third-order valence-electron chi connectivity index (χ3n) is 3.59. The van der Waals surface area contributed by atoms with Gasteiger partial charge in [-0.2, -0.15) is 0 Å². The highest BCUT2D eigenvalue weighted by Gasteiger charge is 2.06. The summed E-state index contributed by atoms with van der Waals surface area (Å²) in [4.78, 5) is 11.9. The van der Waals surface area contributed by atoms with Gasteiger partial charge in [-0.25, -0.2) is 4.79 Å². The fraction of sp³-hybridized carbons (Fsp3) is 0.591. The predicted octanol–water partition coefficient (Wildman–Crippen LogP) is 2.05. The van der Waals surface area contributed by atoms with Crippen molar-refractivity contribution >= 4 is 5.97 Å². The fourth-order valence-electron chi connectivity index (χ4n) is 2.10. The quantitative estimate of drug-likeness (QED) is 0.255. The summed E-state index contributed by atoms with van der Waals surface area (Å²) < 4.78 is 26.3. The Morgan fingerprint density at radius 2 is 1.59 bits per heavy atom. The zero-order valence-corrected chi connectivity index (χ0v) is 17.2. The van der Waals surface area contributed by atoms with E-state index in [1.165, 1.54) is 0 Å². The molecule has 0 aliphatic heterocycles. The molecule has 0 amide bonds. The average Bonchev–Trinajstić information content (AvgIpc) is 2.74. The first-order chi connectivity index (χ1) is 14.3. The molecule has 162 valence electrons. The van der Waals surface area contributed by atoms with E-state index in [9.17, 15) is 4.79 Å². The van der Waals surface area contributed by atoms with Crippen LogP contribution in [0.2, 0.25) is 0 Å². The van der Waals surface area contributed by atoms with Crippen molar-refractivity contribution in [1.29, 1.82) is 0 Å². The third kappa shape index (κ3) is 13.8. The van der Waals surface area contributed by atoms with Gasteiger partial charge in [0.25, 0.3) is 0 Å². The Hall–Kier alpha value is -1.95. The summed E-state index contributed by atoms with van der Waals surface area (Å²) in [6, 6.07) is 7.07. The molecule has 0 heterocycles. The van der Waals surface area contributed by atoms with E-state index in [-0.39, 0.29) is 19.2 Å². The van der Waals surface area contributed by atoms with Crippen molar-refractivity contribution in [2.75, 3.05) is 66.1 Å². The van der Waals surface area contributed by atoms with Crippen LogP contribution < -0.4 is 0 Å². The Balaban J connectivity index is 2.08. The first kappa shape index (κ1) is 25.1. The summed E-state index contributed by atoms with van der Waals surface area (Å²) in [5.74, 6) is 5.57. The van der Waals surface area contributed by atoms with Gasteiger partial charge in [0.1, 0.15) is 6.61 Å². The first-order valence-electron chi connectivity index (χ1n) is 9.95. The van der Waals surface area contributed by atoms with Crippen molar-refractivity contribution < 1.29 is 33.6 Å². The molecule has 0 spiro atoms. The average molecular weight is 408 g/mol. The maximum absolute atomic E-state index is 11.9. The molecule has 7 heteroatoms. The minimum Gasteiger partial charge on any atom is -0.462 e. The molecule has 0 aliphatic carbocycles. The van der Waals surface area contributed by atoms with Crippen LogP contribution in [-0.2, 0) is 23.7 Å². The number of rotatable bonds is 16.